The van der Waals surface area contributed by atoms with Crippen LogP contribution in [0.1, 0.15) is 16.3 Å². The van der Waals surface area contributed by atoms with Gasteiger partial charge in [0.2, 0.25) is 5.91 Å². The third kappa shape index (κ3) is 6.41. The maximum atomic E-state index is 12.7. The van der Waals surface area contributed by atoms with E-state index in [0.717, 1.165) is 10.6 Å². The lowest BCUT2D eigenvalue weighted by Gasteiger charge is -2.10. The molecular weight excluding hydrogens is 478 g/mol. The largest absolute Gasteiger partial charge is 0.326 e. The van der Waals surface area contributed by atoms with E-state index in [-0.39, 0.29) is 17.2 Å². The van der Waals surface area contributed by atoms with E-state index in [0.29, 0.717) is 28.5 Å². The molecule has 1 amide bonds. The Morgan fingerprint density at radius 1 is 0.939 bits per heavy atom. The first-order valence-corrected chi connectivity index (χ1v) is 12.8. The van der Waals surface area contributed by atoms with Gasteiger partial charge in [-0.15, -0.1) is 11.3 Å². The van der Waals surface area contributed by atoms with Crippen LogP contribution in [0.3, 0.4) is 0 Å². The third-order valence-electron chi connectivity index (χ3n) is 4.66. The van der Waals surface area contributed by atoms with Gasteiger partial charge in [-0.1, -0.05) is 48.0 Å². The predicted octanol–water partition coefficient (Wildman–Crippen LogP) is 5.37. The monoisotopic (exact) mass is 497 g/mol. The Morgan fingerprint density at radius 2 is 1.70 bits per heavy atom. The molecule has 6 nitrogen and oxygen atoms in total. The summed E-state index contributed by atoms with van der Waals surface area (Å²) in [5.41, 5.74) is 2.62. The van der Waals surface area contributed by atoms with Crippen molar-refractivity contribution in [1.82, 2.24) is 4.98 Å². The average molecular weight is 498 g/mol. The first-order chi connectivity index (χ1) is 15.9. The summed E-state index contributed by atoms with van der Waals surface area (Å²) in [5.74, 6) is -0.272. The van der Waals surface area contributed by atoms with Gasteiger partial charge in [-0.25, -0.2) is 13.4 Å². The Morgan fingerprint density at radius 3 is 2.45 bits per heavy atom. The second-order valence-corrected chi connectivity index (χ2v) is 10.3. The fourth-order valence-electron chi connectivity index (χ4n) is 3.12. The highest BCUT2D eigenvalue weighted by molar-refractivity contribution is 7.92. The van der Waals surface area contributed by atoms with Gasteiger partial charge in [0.1, 0.15) is 0 Å². The summed E-state index contributed by atoms with van der Waals surface area (Å²) in [4.78, 5) is 17.1. The minimum Gasteiger partial charge on any atom is -0.326 e. The fourth-order valence-corrected chi connectivity index (χ4v) is 5.18. The number of benzene rings is 3. The molecular formula is C24H20ClN3O3S2. The standard InChI is InChI=1S/C24H20ClN3O3S2/c25-18-9-11-19(12-10-18)28-33(30,31)22-8-4-7-20(14-22)26-23(29)15-21-16-32-24(27-21)13-17-5-2-1-3-6-17/h1-12,14,16,28H,13,15H2,(H,26,29). The number of hydrogen-bond acceptors (Lipinski definition) is 5. The van der Waals surface area contributed by atoms with Gasteiger partial charge in [0, 0.05) is 28.2 Å². The van der Waals surface area contributed by atoms with E-state index in [4.69, 9.17) is 11.6 Å². The molecule has 9 heteroatoms. The van der Waals surface area contributed by atoms with Crippen LogP contribution in [0.15, 0.2) is 89.1 Å². The Balaban J connectivity index is 1.39. The van der Waals surface area contributed by atoms with Gasteiger partial charge in [-0.3, -0.25) is 9.52 Å². The van der Waals surface area contributed by atoms with Gasteiger partial charge in [-0.2, -0.15) is 0 Å². The van der Waals surface area contributed by atoms with Gasteiger partial charge in [0.15, 0.2) is 0 Å². The van der Waals surface area contributed by atoms with Crippen molar-refractivity contribution >= 4 is 50.2 Å². The van der Waals surface area contributed by atoms with Crippen LogP contribution >= 0.6 is 22.9 Å². The number of sulfonamides is 1. The fraction of sp³-hybridized carbons (Fsp3) is 0.0833. The molecule has 2 N–H and O–H groups in total. The van der Waals surface area contributed by atoms with E-state index in [1.54, 1.807) is 36.4 Å². The summed E-state index contributed by atoms with van der Waals surface area (Å²) in [6, 6.07) is 22.4. The molecule has 0 aliphatic heterocycles. The maximum Gasteiger partial charge on any atom is 0.261 e. The van der Waals surface area contributed by atoms with Crippen molar-refractivity contribution in [3.8, 4) is 0 Å². The zero-order chi connectivity index (χ0) is 23.3. The number of rotatable bonds is 8. The average Bonchev–Trinajstić information content (AvgIpc) is 3.22. The van der Waals surface area contributed by atoms with E-state index in [9.17, 15) is 13.2 Å². The lowest BCUT2D eigenvalue weighted by atomic mass is 10.2. The predicted molar refractivity (Wildman–Crippen MR) is 132 cm³/mol. The zero-order valence-corrected chi connectivity index (χ0v) is 19.8. The maximum absolute atomic E-state index is 12.7. The molecule has 168 valence electrons. The minimum atomic E-state index is -3.82. The van der Waals surface area contributed by atoms with Crippen molar-refractivity contribution in [1.29, 1.82) is 0 Å². The van der Waals surface area contributed by atoms with E-state index in [2.05, 4.69) is 15.0 Å². The SMILES string of the molecule is O=C(Cc1csc(Cc2ccccc2)n1)Nc1cccc(S(=O)(=O)Nc2ccc(Cl)cc2)c1. The van der Waals surface area contributed by atoms with Gasteiger partial charge < -0.3 is 5.32 Å². The summed E-state index contributed by atoms with van der Waals surface area (Å²) >= 11 is 7.36. The molecule has 0 saturated heterocycles. The molecule has 0 aliphatic rings. The van der Waals surface area contributed by atoms with E-state index in [1.165, 1.54) is 23.5 Å². The topological polar surface area (TPSA) is 88.2 Å². The number of thiazole rings is 1. The van der Waals surface area contributed by atoms with Crippen molar-refractivity contribution in [2.75, 3.05) is 10.0 Å². The van der Waals surface area contributed by atoms with Crippen LogP contribution in [0, 0.1) is 0 Å². The van der Waals surface area contributed by atoms with Crippen molar-refractivity contribution in [2.24, 2.45) is 0 Å². The van der Waals surface area contributed by atoms with Crippen LogP contribution in [0.4, 0.5) is 11.4 Å². The molecule has 4 aromatic rings. The first kappa shape index (κ1) is 23.0. The molecule has 0 bridgehead atoms. The number of nitrogens with zero attached hydrogens (tertiary/aromatic N) is 1. The summed E-state index contributed by atoms with van der Waals surface area (Å²) in [7, 11) is -3.82. The highest BCUT2D eigenvalue weighted by Crippen LogP contribution is 2.21. The molecule has 3 aromatic carbocycles. The number of nitrogens with one attached hydrogen (secondary N) is 2. The second kappa shape index (κ2) is 10.2. The van der Waals surface area contributed by atoms with Crippen molar-refractivity contribution in [2.45, 2.75) is 17.7 Å². The Kier molecular flexibility index (Phi) is 7.08. The number of anilines is 2. The van der Waals surface area contributed by atoms with Crippen LogP contribution in [-0.4, -0.2) is 19.3 Å². The molecule has 33 heavy (non-hydrogen) atoms. The number of carbonyl (C=O) groups excluding carboxylic acids is 1. The number of amides is 1. The number of carbonyl (C=O) groups is 1. The Bertz CT molecular complexity index is 1360. The van der Waals surface area contributed by atoms with Crippen molar-refractivity contribution < 1.29 is 13.2 Å². The van der Waals surface area contributed by atoms with Crippen molar-refractivity contribution in [3.63, 3.8) is 0 Å². The Hall–Kier alpha value is -3.20. The summed E-state index contributed by atoms with van der Waals surface area (Å²) in [5, 5.41) is 6.06. The van der Waals surface area contributed by atoms with Crippen LogP contribution < -0.4 is 10.0 Å². The van der Waals surface area contributed by atoms with Gasteiger partial charge in [-0.05, 0) is 48.0 Å². The third-order valence-corrected chi connectivity index (χ3v) is 7.19. The lowest BCUT2D eigenvalue weighted by molar-refractivity contribution is -0.115. The highest BCUT2D eigenvalue weighted by Gasteiger charge is 2.16. The quantitative estimate of drug-likeness (QED) is 0.342. The van der Waals surface area contributed by atoms with E-state index in [1.807, 2.05) is 35.7 Å². The van der Waals surface area contributed by atoms with Gasteiger partial charge >= 0.3 is 0 Å². The minimum absolute atomic E-state index is 0.0362. The number of hydrogen-bond donors (Lipinski definition) is 2. The molecule has 0 spiro atoms. The molecule has 0 unspecified atom stereocenters. The van der Waals surface area contributed by atoms with Crippen LogP contribution in [0.25, 0.3) is 0 Å². The second-order valence-electron chi connectivity index (χ2n) is 7.26. The normalized spacial score (nSPS) is 11.2. The Labute approximate surface area is 201 Å². The molecule has 0 fully saturated rings. The molecule has 0 radical (unpaired) electrons. The highest BCUT2D eigenvalue weighted by atomic mass is 35.5. The van der Waals surface area contributed by atoms with E-state index >= 15 is 0 Å². The smallest absolute Gasteiger partial charge is 0.261 e. The molecule has 1 heterocycles. The molecule has 0 aliphatic carbocycles. The first-order valence-electron chi connectivity index (χ1n) is 10.0. The molecule has 0 saturated carbocycles. The van der Waals surface area contributed by atoms with Gasteiger partial charge in [0.25, 0.3) is 10.0 Å². The summed E-state index contributed by atoms with van der Waals surface area (Å²) in [6.07, 6.45) is 0.818. The summed E-state index contributed by atoms with van der Waals surface area (Å²) in [6.45, 7) is 0. The van der Waals surface area contributed by atoms with E-state index < -0.39 is 10.0 Å². The van der Waals surface area contributed by atoms with Crippen LogP contribution in [0.2, 0.25) is 5.02 Å². The number of aromatic nitrogens is 1. The zero-order valence-electron chi connectivity index (χ0n) is 17.4. The molecule has 0 atom stereocenters. The summed E-state index contributed by atoms with van der Waals surface area (Å²) < 4.78 is 27.9. The lowest BCUT2D eigenvalue weighted by Crippen LogP contribution is -2.16. The molecule has 4 rings (SSSR count). The number of halogens is 1. The van der Waals surface area contributed by atoms with Crippen molar-refractivity contribution in [3.05, 3.63) is 106 Å². The van der Waals surface area contributed by atoms with Crippen LogP contribution in [0.5, 0.6) is 0 Å². The van der Waals surface area contributed by atoms with Gasteiger partial charge in [0.05, 0.1) is 22.0 Å². The molecule has 1 aromatic heterocycles. The van der Waals surface area contributed by atoms with Crippen LogP contribution in [-0.2, 0) is 27.7 Å².